The maximum atomic E-state index is 12.6. The molecule has 10 heteroatoms. The molecule has 4 rings (SSSR count). The number of aryl methyl sites for hydroxylation is 1. The van der Waals surface area contributed by atoms with E-state index in [4.69, 9.17) is 18.6 Å². The van der Waals surface area contributed by atoms with Gasteiger partial charge in [-0.3, -0.25) is 9.52 Å². The first kappa shape index (κ1) is 24.0. The Hall–Kier alpha value is -4.18. The average molecular weight is 494 g/mol. The summed E-state index contributed by atoms with van der Waals surface area (Å²) in [5.41, 5.74) is 3.97. The van der Waals surface area contributed by atoms with Crippen LogP contribution in [0.5, 0.6) is 17.2 Å². The van der Waals surface area contributed by atoms with E-state index in [0.717, 1.165) is 11.1 Å². The number of methoxy groups -OCH3 is 3. The van der Waals surface area contributed by atoms with Gasteiger partial charge in [0, 0.05) is 28.8 Å². The molecule has 9 nitrogen and oxygen atoms in total. The van der Waals surface area contributed by atoms with Gasteiger partial charge in [0.05, 0.1) is 21.3 Å². The Bertz CT molecular complexity index is 1360. The minimum absolute atomic E-state index is 0.275. The molecular formula is C25H23N3O6S. The number of urea groups is 1. The van der Waals surface area contributed by atoms with Crippen molar-refractivity contribution in [3.63, 3.8) is 0 Å². The summed E-state index contributed by atoms with van der Waals surface area (Å²) >= 11 is 0.628. The van der Waals surface area contributed by atoms with Gasteiger partial charge in [0.2, 0.25) is 16.8 Å². The maximum Gasteiger partial charge on any atom is 0.329 e. The van der Waals surface area contributed by atoms with Gasteiger partial charge in [-0.15, -0.1) is 0 Å². The fraction of sp³-hybridized carbons (Fsp3) is 0.160. The molecule has 2 N–H and O–H groups in total. The highest BCUT2D eigenvalue weighted by Crippen LogP contribution is 2.38. The number of hydrogen-bond donors (Lipinski definition) is 2. The number of oxazole rings is 1. The van der Waals surface area contributed by atoms with E-state index in [9.17, 15) is 9.59 Å². The summed E-state index contributed by atoms with van der Waals surface area (Å²) in [4.78, 5) is 29.5. The number of carbonyl (C=O) groups excluding carboxylic acids is 2. The number of nitrogens with one attached hydrogen (secondary N) is 2. The van der Waals surface area contributed by atoms with Crippen molar-refractivity contribution in [3.8, 4) is 28.7 Å². The lowest BCUT2D eigenvalue weighted by molar-refractivity contribution is 0.108. The Morgan fingerprint density at radius 1 is 0.914 bits per heavy atom. The van der Waals surface area contributed by atoms with E-state index in [2.05, 4.69) is 15.0 Å². The third kappa shape index (κ3) is 5.33. The zero-order chi connectivity index (χ0) is 24.9. The quantitative estimate of drug-likeness (QED) is 0.342. The minimum atomic E-state index is -0.572. The highest BCUT2D eigenvalue weighted by atomic mass is 32.2. The number of benzene rings is 3. The van der Waals surface area contributed by atoms with Crippen LogP contribution in [0.1, 0.15) is 15.9 Å². The van der Waals surface area contributed by atoms with Crippen molar-refractivity contribution in [1.82, 2.24) is 9.71 Å². The van der Waals surface area contributed by atoms with Gasteiger partial charge < -0.3 is 23.9 Å². The van der Waals surface area contributed by atoms with Crippen LogP contribution in [0, 0.1) is 6.92 Å². The second-order valence-corrected chi connectivity index (χ2v) is 8.21. The standard InChI is InChI=1S/C25H23N3O6S/c1-14-5-7-15(8-6-14)23-27-18-13-17(9-10-19(18)34-23)26-25(30)28-35-24(29)16-11-20(31-2)22(33-4)21(12-16)32-3/h5-13H,1-4H3,(H2,26,28,30). The molecule has 0 aliphatic heterocycles. The number of carbonyl (C=O) groups is 2. The fourth-order valence-electron chi connectivity index (χ4n) is 3.33. The minimum Gasteiger partial charge on any atom is -0.493 e. The third-order valence-electron chi connectivity index (χ3n) is 5.08. The summed E-state index contributed by atoms with van der Waals surface area (Å²) in [5.74, 6) is 1.54. The summed E-state index contributed by atoms with van der Waals surface area (Å²) in [6.45, 7) is 2.01. The van der Waals surface area contributed by atoms with Crippen molar-refractivity contribution in [2.75, 3.05) is 26.6 Å². The number of anilines is 1. The van der Waals surface area contributed by atoms with E-state index < -0.39 is 11.1 Å². The first-order valence-electron chi connectivity index (χ1n) is 10.5. The van der Waals surface area contributed by atoms with Crippen LogP contribution in [0.15, 0.2) is 59.0 Å². The van der Waals surface area contributed by atoms with Gasteiger partial charge in [-0.05, 0) is 49.4 Å². The number of hydrogen-bond acceptors (Lipinski definition) is 8. The van der Waals surface area contributed by atoms with Crippen LogP contribution in [-0.2, 0) is 0 Å². The van der Waals surface area contributed by atoms with Gasteiger partial charge in [-0.25, -0.2) is 9.78 Å². The zero-order valence-electron chi connectivity index (χ0n) is 19.5. The molecule has 0 bridgehead atoms. The highest BCUT2D eigenvalue weighted by Gasteiger charge is 2.18. The fourth-order valence-corrected chi connectivity index (χ4v) is 3.80. The smallest absolute Gasteiger partial charge is 0.329 e. The normalized spacial score (nSPS) is 10.6. The summed E-state index contributed by atoms with van der Waals surface area (Å²) in [5, 5.41) is 2.28. The van der Waals surface area contributed by atoms with E-state index >= 15 is 0 Å². The van der Waals surface area contributed by atoms with Crippen LogP contribution in [0.4, 0.5) is 10.5 Å². The Morgan fingerprint density at radius 2 is 1.60 bits per heavy atom. The summed E-state index contributed by atoms with van der Waals surface area (Å²) in [6, 6.07) is 15.4. The number of nitrogens with zero attached hydrogens (tertiary/aromatic N) is 1. The molecule has 35 heavy (non-hydrogen) atoms. The molecule has 0 fully saturated rings. The van der Waals surface area contributed by atoms with Gasteiger partial charge in [0.25, 0.3) is 0 Å². The predicted molar refractivity (Wildman–Crippen MR) is 134 cm³/mol. The van der Waals surface area contributed by atoms with Crippen molar-refractivity contribution < 1.29 is 28.2 Å². The Morgan fingerprint density at radius 3 is 2.23 bits per heavy atom. The van der Waals surface area contributed by atoms with Crippen LogP contribution < -0.4 is 24.2 Å². The van der Waals surface area contributed by atoms with E-state index in [1.54, 1.807) is 18.2 Å². The molecule has 0 radical (unpaired) electrons. The number of amides is 2. The largest absolute Gasteiger partial charge is 0.493 e. The van der Waals surface area contributed by atoms with Crippen molar-refractivity contribution in [2.24, 2.45) is 0 Å². The molecule has 4 aromatic rings. The molecule has 0 unspecified atom stereocenters. The van der Waals surface area contributed by atoms with Gasteiger partial charge in [-0.2, -0.15) is 0 Å². The molecule has 0 saturated heterocycles. The second-order valence-electron chi connectivity index (χ2n) is 7.43. The summed E-state index contributed by atoms with van der Waals surface area (Å²) in [7, 11) is 4.39. The van der Waals surface area contributed by atoms with Gasteiger partial charge in [0.15, 0.2) is 17.1 Å². The molecule has 0 atom stereocenters. The molecule has 0 spiro atoms. The first-order chi connectivity index (χ1) is 16.9. The Balaban J connectivity index is 1.41. The lowest BCUT2D eigenvalue weighted by Crippen LogP contribution is -2.24. The number of aromatic nitrogens is 1. The SMILES string of the molecule is COc1cc(C(=O)SNC(=O)Nc2ccc3oc(-c4ccc(C)cc4)nc3c2)cc(OC)c1OC. The lowest BCUT2D eigenvalue weighted by Gasteiger charge is -2.13. The number of fused-ring (bicyclic) bond motifs is 1. The van der Waals surface area contributed by atoms with E-state index in [1.165, 1.54) is 33.5 Å². The number of ether oxygens (including phenoxy) is 3. The molecule has 0 aliphatic rings. The van der Waals surface area contributed by atoms with Gasteiger partial charge in [-0.1, -0.05) is 17.7 Å². The molecule has 0 saturated carbocycles. The molecule has 180 valence electrons. The highest BCUT2D eigenvalue weighted by molar-refractivity contribution is 8.12. The molecule has 1 aromatic heterocycles. The third-order valence-corrected chi connectivity index (χ3v) is 5.79. The molecule has 2 amide bonds. The average Bonchev–Trinajstić information content (AvgIpc) is 3.30. The maximum absolute atomic E-state index is 12.6. The van der Waals surface area contributed by atoms with Crippen molar-refractivity contribution >= 4 is 39.9 Å². The van der Waals surface area contributed by atoms with Crippen LogP contribution in [0.25, 0.3) is 22.6 Å². The van der Waals surface area contributed by atoms with Crippen LogP contribution in [-0.4, -0.2) is 37.5 Å². The van der Waals surface area contributed by atoms with Crippen molar-refractivity contribution in [2.45, 2.75) is 6.92 Å². The number of rotatable bonds is 6. The Labute approximate surface area is 205 Å². The Kier molecular flexibility index (Phi) is 7.11. The zero-order valence-corrected chi connectivity index (χ0v) is 20.3. The van der Waals surface area contributed by atoms with Crippen LogP contribution in [0.3, 0.4) is 0 Å². The van der Waals surface area contributed by atoms with Crippen molar-refractivity contribution in [1.29, 1.82) is 0 Å². The van der Waals surface area contributed by atoms with Gasteiger partial charge >= 0.3 is 6.03 Å². The van der Waals surface area contributed by atoms with Crippen LogP contribution >= 0.6 is 11.9 Å². The lowest BCUT2D eigenvalue weighted by atomic mass is 10.1. The molecule has 1 heterocycles. The monoisotopic (exact) mass is 493 g/mol. The van der Waals surface area contributed by atoms with E-state index in [0.29, 0.717) is 51.9 Å². The van der Waals surface area contributed by atoms with Crippen molar-refractivity contribution in [3.05, 3.63) is 65.7 Å². The van der Waals surface area contributed by atoms with E-state index in [1.807, 2.05) is 31.2 Å². The van der Waals surface area contributed by atoms with Gasteiger partial charge in [0.1, 0.15) is 5.52 Å². The summed E-state index contributed by atoms with van der Waals surface area (Å²) in [6.07, 6.45) is 0. The second kappa shape index (κ2) is 10.4. The molecule has 3 aromatic carbocycles. The predicted octanol–water partition coefficient (Wildman–Crippen LogP) is 5.44. The molecule has 0 aliphatic carbocycles. The topological polar surface area (TPSA) is 112 Å². The first-order valence-corrected chi connectivity index (χ1v) is 11.3. The summed E-state index contributed by atoms with van der Waals surface area (Å²) < 4.78 is 24.1. The van der Waals surface area contributed by atoms with E-state index in [-0.39, 0.29) is 5.56 Å². The van der Waals surface area contributed by atoms with Crippen LogP contribution in [0.2, 0.25) is 0 Å². The molecular weight excluding hydrogens is 470 g/mol.